The summed E-state index contributed by atoms with van der Waals surface area (Å²) in [6, 6.07) is 5.90. The third-order valence-electron chi connectivity index (χ3n) is 4.44. The lowest BCUT2D eigenvalue weighted by molar-refractivity contribution is -0.116. The summed E-state index contributed by atoms with van der Waals surface area (Å²) in [4.78, 5) is 53.2. The number of hydrogen-bond donors (Lipinski definition) is 2. The third kappa shape index (κ3) is 3.59. The molecule has 0 radical (unpaired) electrons. The molecule has 0 aliphatic rings. The molecule has 2 heterocycles. The van der Waals surface area contributed by atoms with Crippen molar-refractivity contribution in [3.05, 3.63) is 62.4 Å². The van der Waals surface area contributed by atoms with Crippen LogP contribution in [0.5, 0.6) is 5.75 Å². The van der Waals surface area contributed by atoms with Crippen molar-refractivity contribution in [3.63, 3.8) is 0 Å². The van der Waals surface area contributed by atoms with Gasteiger partial charge in [0.1, 0.15) is 17.7 Å². The molecule has 0 aliphatic heterocycles. The van der Waals surface area contributed by atoms with Gasteiger partial charge in [-0.3, -0.25) is 19.0 Å². The van der Waals surface area contributed by atoms with Crippen molar-refractivity contribution in [2.75, 3.05) is 12.4 Å². The monoisotopic (exact) mass is 397 g/mol. The van der Waals surface area contributed by atoms with Crippen LogP contribution in [0.4, 0.5) is 5.69 Å². The fourth-order valence-electron chi connectivity index (χ4n) is 2.98. The minimum absolute atomic E-state index is 0.119. The molecule has 10 heteroatoms. The summed E-state index contributed by atoms with van der Waals surface area (Å²) in [6.07, 6.45) is 1.51. The molecule has 10 nitrogen and oxygen atoms in total. The maximum absolute atomic E-state index is 12.9. The number of pyridine rings is 1. The average Bonchev–Trinajstić information content (AvgIpc) is 2.69. The van der Waals surface area contributed by atoms with Crippen LogP contribution in [-0.4, -0.2) is 33.0 Å². The Morgan fingerprint density at radius 2 is 1.86 bits per heavy atom. The zero-order valence-electron chi connectivity index (χ0n) is 16.1. The molecule has 0 unspecified atom stereocenters. The van der Waals surface area contributed by atoms with Gasteiger partial charge in [0.25, 0.3) is 5.56 Å². The smallest absolute Gasteiger partial charge is 0.332 e. The van der Waals surface area contributed by atoms with Gasteiger partial charge in [0.05, 0.1) is 7.11 Å². The van der Waals surface area contributed by atoms with Gasteiger partial charge in [-0.1, -0.05) is 0 Å². The lowest BCUT2D eigenvalue weighted by Gasteiger charge is -2.13. The van der Waals surface area contributed by atoms with Crippen LogP contribution >= 0.6 is 0 Å². The summed E-state index contributed by atoms with van der Waals surface area (Å²) in [5.41, 5.74) is 5.30. The fourth-order valence-corrected chi connectivity index (χ4v) is 2.98. The van der Waals surface area contributed by atoms with E-state index < -0.39 is 29.6 Å². The normalized spacial score (nSPS) is 10.7. The highest BCUT2D eigenvalue weighted by atomic mass is 16.5. The van der Waals surface area contributed by atoms with Gasteiger partial charge in [-0.25, -0.2) is 14.3 Å². The second-order valence-corrected chi connectivity index (χ2v) is 6.40. The number of rotatable bonds is 5. The number of carbonyl (C=O) groups is 2. The number of primary amides is 1. The minimum Gasteiger partial charge on any atom is -0.495 e. The number of nitrogens with one attached hydrogen (secondary N) is 1. The zero-order chi connectivity index (χ0) is 21.3. The molecule has 0 spiro atoms. The molecule has 2 aromatic heterocycles. The molecule has 3 N–H and O–H groups in total. The summed E-state index contributed by atoms with van der Waals surface area (Å²) < 4.78 is 7.32. The molecule has 1 aromatic carbocycles. The van der Waals surface area contributed by atoms with Crippen molar-refractivity contribution in [2.45, 2.75) is 13.5 Å². The summed E-state index contributed by atoms with van der Waals surface area (Å²) in [5.74, 6) is -0.881. The number of hydrogen-bond acceptors (Lipinski definition) is 6. The molecule has 3 rings (SSSR count). The van der Waals surface area contributed by atoms with Crippen LogP contribution in [0.1, 0.15) is 15.9 Å². The zero-order valence-corrected chi connectivity index (χ0v) is 16.1. The van der Waals surface area contributed by atoms with E-state index in [1.165, 1.54) is 49.2 Å². The van der Waals surface area contributed by atoms with E-state index in [4.69, 9.17) is 10.5 Å². The summed E-state index contributed by atoms with van der Waals surface area (Å²) in [6.45, 7) is 1.22. The number of nitrogens with two attached hydrogens (primary N) is 1. The number of aryl methyl sites for hydroxylation is 2. The number of benzene rings is 1. The molecule has 150 valence electrons. The quantitative estimate of drug-likeness (QED) is 0.628. The number of anilines is 1. The average molecular weight is 397 g/mol. The van der Waals surface area contributed by atoms with Gasteiger partial charge in [0.2, 0.25) is 11.8 Å². The number of fused-ring (bicyclic) bond motifs is 1. The van der Waals surface area contributed by atoms with Crippen molar-refractivity contribution < 1.29 is 14.3 Å². The molecule has 0 atom stereocenters. The number of carbonyl (C=O) groups excluding carboxylic acids is 2. The molecule has 0 aliphatic carbocycles. The van der Waals surface area contributed by atoms with E-state index in [-0.39, 0.29) is 16.6 Å². The third-order valence-corrected chi connectivity index (χ3v) is 4.44. The van der Waals surface area contributed by atoms with Crippen LogP contribution in [0.25, 0.3) is 11.0 Å². The lowest BCUT2D eigenvalue weighted by atomic mass is 10.2. The summed E-state index contributed by atoms with van der Waals surface area (Å²) in [5, 5.41) is 2.69. The van der Waals surface area contributed by atoms with Crippen molar-refractivity contribution in [2.24, 2.45) is 12.8 Å². The van der Waals surface area contributed by atoms with Gasteiger partial charge in [-0.05, 0) is 31.2 Å². The van der Waals surface area contributed by atoms with Crippen molar-refractivity contribution in [1.82, 2.24) is 14.1 Å². The number of amides is 2. The fraction of sp³-hybridized carbons (Fsp3) is 0.211. The summed E-state index contributed by atoms with van der Waals surface area (Å²) in [7, 11) is 2.88. The Morgan fingerprint density at radius 3 is 2.45 bits per heavy atom. The van der Waals surface area contributed by atoms with Crippen LogP contribution in [-0.2, 0) is 18.4 Å². The molecule has 0 fully saturated rings. The second kappa shape index (κ2) is 7.58. The van der Waals surface area contributed by atoms with E-state index in [2.05, 4.69) is 10.3 Å². The van der Waals surface area contributed by atoms with Crippen molar-refractivity contribution >= 4 is 28.5 Å². The SMILES string of the molecule is COc1c(C)cnc2c1c(=O)n(CC(=O)Nc1ccc(C(N)=O)cc1)c(=O)n2C. The van der Waals surface area contributed by atoms with Gasteiger partial charge >= 0.3 is 5.69 Å². The molecule has 29 heavy (non-hydrogen) atoms. The number of nitrogens with zero attached hydrogens (tertiary/aromatic N) is 3. The summed E-state index contributed by atoms with van der Waals surface area (Å²) >= 11 is 0. The Hall–Kier alpha value is -3.95. The first-order valence-corrected chi connectivity index (χ1v) is 8.57. The lowest BCUT2D eigenvalue weighted by Crippen LogP contribution is -2.42. The minimum atomic E-state index is -0.680. The number of aromatic nitrogens is 3. The van der Waals surface area contributed by atoms with Crippen LogP contribution in [0.2, 0.25) is 0 Å². The molecular formula is C19H19N5O5. The number of ether oxygens (including phenoxy) is 1. The van der Waals surface area contributed by atoms with Crippen LogP contribution in [0.15, 0.2) is 40.1 Å². The largest absolute Gasteiger partial charge is 0.495 e. The van der Waals surface area contributed by atoms with Gasteiger partial charge < -0.3 is 15.8 Å². The predicted molar refractivity (Wildman–Crippen MR) is 106 cm³/mol. The Kier molecular flexibility index (Phi) is 5.18. The van der Waals surface area contributed by atoms with Gasteiger partial charge in [-0.15, -0.1) is 0 Å². The topological polar surface area (TPSA) is 138 Å². The Labute approximate surface area is 164 Å². The molecule has 0 bridgehead atoms. The molecule has 0 saturated carbocycles. The first-order valence-electron chi connectivity index (χ1n) is 8.57. The predicted octanol–water partition coefficient (Wildman–Crippen LogP) is 0.150. The number of methoxy groups -OCH3 is 1. The maximum atomic E-state index is 12.9. The molecular weight excluding hydrogens is 378 g/mol. The van der Waals surface area contributed by atoms with Crippen LogP contribution in [0.3, 0.4) is 0 Å². The van der Waals surface area contributed by atoms with E-state index in [1.807, 2.05) is 0 Å². The van der Waals surface area contributed by atoms with Crippen LogP contribution in [0, 0.1) is 6.92 Å². The standard InChI is InChI=1S/C19H19N5O5/c1-10-8-21-17-14(15(10)29-3)18(27)24(19(28)23(17)2)9-13(25)22-12-6-4-11(5-7-12)16(20)26/h4-8H,9H2,1-3H3,(H2,20,26)(H,22,25). The van der Waals surface area contributed by atoms with Gasteiger partial charge in [-0.2, -0.15) is 0 Å². The second-order valence-electron chi connectivity index (χ2n) is 6.40. The molecule has 0 saturated heterocycles. The van der Waals surface area contributed by atoms with Gasteiger partial charge in [0, 0.05) is 30.1 Å². The Bertz CT molecular complexity index is 1240. The van der Waals surface area contributed by atoms with E-state index >= 15 is 0 Å². The first-order chi connectivity index (χ1) is 13.7. The maximum Gasteiger partial charge on any atom is 0.332 e. The van der Waals surface area contributed by atoms with E-state index in [1.54, 1.807) is 6.92 Å². The van der Waals surface area contributed by atoms with Crippen molar-refractivity contribution in [3.8, 4) is 5.75 Å². The van der Waals surface area contributed by atoms with Crippen molar-refractivity contribution in [1.29, 1.82) is 0 Å². The Balaban J connectivity index is 1.99. The van der Waals surface area contributed by atoms with Gasteiger partial charge in [0.15, 0.2) is 5.65 Å². The van der Waals surface area contributed by atoms with Crippen LogP contribution < -0.4 is 27.0 Å². The first kappa shape index (κ1) is 19.8. The van der Waals surface area contributed by atoms with E-state index in [0.717, 1.165) is 4.57 Å². The molecule has 3 aromatic rings. The highest BCUT2D eigenvalue weighted by molar-refractivity contribution is 5.94. The highest BCUT2D eigenvalue weighted by Gasteiger charge is 2.19. The molecule has 2 amide bonds. The Morgan fingerprint density at radius 1 is 1.21 bits per heavy atom. The van der Waals surface area contributed by atoms with E-state index in [9.17, 15) is 19.2 Å². The highest BCUT2D eigenvalue weighted by Crippen LogP contribution is 2.23. The van der Waals surface area contributed by atoms with E-state index in [0.29, 0.717) is 17.0 Å².